The first kappa shape index (κ1) is 9.73. The van der Waals surface area contributed by atoms with Crippen molar-refractivity contribution in [3.63, 3.8) is 0 Å². The fourth-order valence-electron chi connectivity index (χ4n) is 1.99. The van der Waals surface area contributed by atoms with Gasteiger partial charge < -0.3 is 14.2 Å². The summed E-state index contributed by atoms with van der Waals surface area (Å²) in [5.41, 5.74) is 0. The van der Waals surface area contributed by atoms with Gasteiger partial charge in [-0.3, -0.25) is 4.90 Å². The minimum Gasteiger partial charge on any atom is -0.450 e. The normalized spacial score (nSPS) is 35.0. The van der Waals surface area contributed by atoms with Crippen molar-refractivity contribution in [2.45, 2.75) is 31.7 Å². The lowest BCUT2D eigenvalue weighted by Gasteiger charge is -2.17. The zero-order valence-electron chi connectivity index (χ0n) is 8.43. The Bertz CT molecular complexity index is 233. The Morgan fingerprint density at radius 1 is 1.64 bits per heavy atom. The number of nitrogens with zero attached hydrogens (tertiary/aromatic N) is 1. The smallest absolute Gasteiger partial charge is 0.410 e. The number of amides is 1. The first-order valence-corrected chi connectivity index (χ1v) is 4.89. The summed E-state index contributed by atoms with van der Waals surface area (Å²) >= 11 is 0. The molecule has 0 aromatic carbocycles. The standard InChI is InChI=1S/C9H15NO4/c1-3-13-9(11)10-6-4-5-14-8(12-2)7(6)10/h6-8H,3-5H2,1-2H3/t6-,7-,8+,10?/m0/s1. The van der Waals surface area contributed by atoms with E-state index in [1.165, 1.54) is 0 Å². The van der Waals surface area contributed by atoms with Crippen LogP contribution in [0.4, 0.5) is 4.79 Å². The largest absolute Gasteiger partial charge is 0.450 e. The Kier molecular flexibility index (Phi) is 2.60. The van der Waals surface area contributed by atoms with Crippen molar-refractivity contribution in [2.75, 3.05) is 20.3 Å². The average molecular weight is 201 g/mol. The van der Waals surface area contributed by atoms with Crippen LogP contribution < -0.4 is 0 Å². The predicted octanol–water partition coefficient (Wildman–Crippen LogP) is 0.588. The number of fused-ring (bicyclic) bond motifs is 1. The van der Waals surface area contributed by atoms with Crippen molar-refractivity contribution in [3.05, 3.63) is 0 Å². The summed E-state index contributed by atoms with van der Waals surface area (Å²) in [4.78, 5) is 13.1. The molecule has 0 saturated carbocycles. The van der Waals surface area contributed by atoms with Gasteiger partial charge in [-0.25, -0.2) is 4.79 Å². The van der Waals surface area contributed by atoms with E-state index < -0.39 is 0 Å². The molecule has 0 aliphatic carbocycles. The Morgan fingerprint density at radius 2 is 2.43 bits per heavy atom. The van der Waals surface area contributed by atoms with Gasteiger partial charge in [0, 0.05) is 7.11 Å². The Balaban J connectivity index is 1.94. The van der Waals surface area contributed by atoms with Crippen LogP contribution in [-0.2, 0) is 14.2 Å². The summed E-state index contributed by atoms with van der Waals surface area (Å²) in [6, 6.07) is 0.320. The van der Waals surface area contributed by atoms with E-state index in [2.05, 4.69) is 0 Å². The first-order chi connectivity index (χ1) is 6.79. The molecule has 0 aromatic heterocycles. The second kappa shape index (κ2) is 3.74. The zero-order chi connectivity index (χ0) is 10.1. The monoisotopic (exact) mass is 201 g/mol. The molecular formula is C9H15NO4. The SMILES string of the molecule is CCOC(=O)N1[C@@H]2[C@H](OC)OCC[C@@H]21. The molecule has 2 aliphatic heterocycles. The van der Waals surface area contributed by atoms with Gasteiger partial charge in [0.2, 0.25) is 0 Å². The molecule has 2 aliphatic rings. The fourth-order valence-corrected chi connectivity index (χ4v) is 1.99. The highest BCUT2D eigenvalue weighted by atomic mass is 16.7. The van der Waals surface area contributed by atoms with E-state index in [-0.39, 0.29) is 24.5 Å². The Morgan fingerprint density at radius 3 is 3.07 bits per heavy atom. The minimum atomic E-state index is -0.279. The molecule has 0 aromatic rings. The van der Waals surface area contributed by atoms with Gasteiger partial charge in [-0.15, -0.1) is 0 Å². The molecule has 2 saturated heterocycles. The van der Waals surface area contributed by atoms with Gasteiger partial charge >= 0.3 is 6.09 Å². The Labute approximate surface area is 82.9 Å². The number of rotatable bonds is 2. The van der Waals surface area contributed by atoms with Gasteiger partial charge in [0.05, 0.1) is 19.3 Å². The number of carbonyl (C=O) groups excluding carboxylic acids is 1. The van der Waals surface area contributed by atoms with Crippen molar-refractivity contribution in [1.29, 1.82) is 0 Å². The molecular weight excluding hydrogens is 186 g/mol. The van der Waals surface area contributed by atoms with Crippen LogP contribution in [0.3, 0.4) is 0 Å². The van der Waals surface area contributed by atoms with E-state index in [0.717, 1.165) is 6.42 Å². The van der Waals surface area contributed by atoms with E-state index in [1.807, 2.05) is 0 Å². The van der Waals surface area contributed by atoms with Gasteiger partial charge in [-0.2, -0.15) is 0 Å². The van der Waals surface area contributed by atoms with Crippen molar-refractivity contribution in [1.82, 2.24) is 4.90 Å². The maximum Gasteiger partial charge on any atom is 0.410 e. The quantitative estimate of drug-likeness (QED) is 0.613. The van der Waals surface area contributed by atoms with Crippen LogP contribution in [0.5, 0.6) is 0 Å². The van der Waals surface area contributed by atoms with Gasteiger partial charge in [-0.1, -0.05) is 0 Å². The van der Waals surface area contributed by atoms with Gasteiger partial charge in [0.15, 0.2) is 6.29 Å². The van der Waals surface area contributed by atoms with E-state index in [0.29, 0.717) is 13.2 Å². The van der Waals surface area contributed by atoms with Crippen LogP contribution in [0, 0.1) is 0 Å². The predicted molar refractivity (Wildman–Crippen MR) is 47.8 cm³/mol. The maximum absolute atomic E-state index is 11.4. The molecule has 5 nitrogen and oxygen atoms in total. The molecule has 2 fully saturated rings. The van der Waals surface area contributed by atoms with Gasteiger partial charge in [0.25, 0.3) is 0 Å². The Hall–Kier alpha value is -0.810. The summed E-state index contributed by atoms with van der Waals surface area (Å²) in [6.45, 7) is 2.86. The highest BCUT2D eigenvalue weighted by molar-refractivity contribution is 5.72. The topological polar surface area (TPSA) is 47.8 Å². The second-order valence-electron chi connectivity index (χ2n) is 3.43. The van der Waals surface area contributed by atoms with E-state index in [1.54, 1.807) is 18.9 Å². The van der Waals surface area contributed by atoms with E-state index in [9.17, 15) is 4.79 Å². The van der Waals surface area contributed by atoms with Crippen molar-refractivity contribution < 1.29 is 19.0 Å². The molecule has 2 heterocycles. The number of carbonyl (C=O) groups is 1. The number of hydrogen-bond donors (Lipinski definition) is 0. The molecule has 3 atom stereocenters. The van der Waals surface area contributed by atoms with Crippen LogP contribution in [0.15, 0.2) is 0 Å². The molecule has 0 spiro atoms. The van der Waals surface area contributed by atoms with Crippen molar-refractivity contribution in [3.8, 4) is 0 Å². The van der Waals surface area contributed by atoms with E-state index >= 15 is 0 Å². The lowest BCUT2D eigenvalue weighted by molar-refractivity contribution is -0.137. The highest BCUT2D eigenvalue weighted by Crippen LogP contribution is 2.39. The molecule has 1 amide bonds. The third-order valence-electron chi connectivity index (χ3n) is 2.67. The second-order valence-corrected chi connectivity index (χ2v) is 3.43. The molecule has 80 valence electrons. The summed E-state index contributed by atoms with van der Waals surface area (Å²) in [5, 5.41) is 0. The lowest BCUT2D eigenvalue weighted by atomic mass is 10.2. The molecule has 2 rings (SSSR count). The number of hydrogen-bond acceptors (Lipinski definition) is 4. The third-order valence-corrected chi connectivity index (χ3v) is 2.67. The summed E-state index contributed by atoms with van der Waals surface area (Å²) in [6.07, 6.45) is 0.344. The molecule has 0 unspecified atom stereocenters. The molecule has 5 heteroatoms. The van der Waals surface area contributed by atoms with Crippen molar-refractivity contribution in [2.24, 2.45) is 0 Å². The molecule has 14 heavy (non-hydrogen) atoms. The van der Waals surface area contributed by atoms with Crippen molar-refractivity contribution >= 4 is 6.09 Å². The van der Waals surface area contributed by atoms with Crippen LogP contribution in [0.1, 0.15) is 13.3 Å². The third kappa shape index (κ3) is 1.46. The molecule has 0 radical (unpaired) electrons. The molecule has 0 N–H and O–H groups in total. The summed E-state index contributed by atoms with van der Waals surface area (Å²) in [5.74, 6) is 0. The summed E-state index contributed by atoms with van der Waals surface area (Å²) in [7, 11) is 1.59. The highest BCUT2D eigenvalue weighted by Gasteiger charge is 2.58. The van der Waals surface area contributed by atoms with Gasteiger partial charge in [-0.05, 0) is 13.3 Å². The van der Waals surface area contributed by atoms with Crippen LogP contribution in [0.2, 0.25) is 0 Å². The minimum absolute atomic E-state index is 0.0628. The number of ether oxygens (including phenoxy) is 3. The average Bonchev–Trinajstić information content (AvgIpc) is 2.91. The first-order valence-electron chi connectivity index (χ1n) is 4.89. The number of methoxy groups -OCH3 is 1. The summed E-state index contributed by atoms with van der Waals surface area (Å²) < 4.78 is 15.4. The maximum atomic E-state index is 11.4. The molecule has 0 bridgehead atoms. The van der Waals surface area contributed by atoms with Crippen LogP contribution in [-0.4, -0.2) is 49.7 Å². The van der Waals surface area contributed by atoms with Crippen LogP contribution in [0.25, 0.3) is 0 Å². The van der Waals surface area contributed by atoms with Crippen LogP contribution >= 0.6 is 0 Å². The lowest BCUT2D eigenvalue weighted by Crippen LogP contribution is -2.30. The van der Waals surface area contributed by atoms with E-state index in [4.69, 9.17) is 14.2 Å². The van der Waals surface area contributed by atoms with Gasteiger partial charge in [0.1, 0.15) is 6.04 Å². The fraction of sp³-hybridized carbons (Fsp3) is 0.889. The zero-order valence-corrected chi connectivity index (χ0v) is 8.43.